The Labute approximate surface area is 191 Å². The topological polar surface area (TPSA) is 66.5 Å². The van der Waals surface area contributed by atoms with Crippen molar-refractivity contribution >= 4 is 44.8 Å². The second kappa shape index (κ2) is 8.63. The predicted molar refractivity (Wildman–Crippen MR) is 123 cm³/mol. The lowest BCUT2D eigenvalue weighted by Gasteiger charge is -2.35. The zero-order chi connectivity index (χ0) is 22.2. The number of sulfonamides is 1. The molecule has 0 saturated carbocycles. The molecule has 0 unspecified atom stereocenters. The predicted octanol–water partition coefficient (Wildman–Crippen LogP) is 5.06. The molecule has 4 rings (SSSR count). The molecule has 5 nitrogen and oxygen atoms in total. The maximum absolute atomic E-state index is 13.5. The summed E-state index contributed by atoms with van der Waals surface area (Å²) in [5.74, 6) is -0.450. The second-order valence-electron chi connectivity index (χ2n) is 7.47. The Kier molecular flexibility index (Phi) is 6.08. The minimum absolute atomic E-state index is 0.110. The zero-order valence-corrected chi connectivity index (χ0v) is 19.0. The van der Waals surface area contributed by atoms with Crippen LogP contribution in [0.5, 0.6) is 0 Å². The highest BCUT2D eigenvalue weighted by Gasteiger charge is 2.39. The Balaban J connectivity index is 1.72. The van der Waals surface area contributed by atoms with Crippen LogP contribution < -0.4 is 5.32 Å². The molecule has 1 aliphatic heterocycles. The molecule has 0 aromatic heterocycles. The van der Waals surface area contributed by atoms with Crippen molar-refractivity contribution in [3.8, 4) is 0 Å². The fourth-order valence-corrected chi connectivity index (χ4v) is 5.65. The number of carbonyl (C=O) groups excluding carboxylic acids is 1. The van der Waals surface area contributed by atoms with E-state index in [-0.39, 0.29) is 22.9 Å². The number of nitrogens with one attached hydrogen (secondary N) is 1. The molecule has 1 aliphatic rings. The van der Waals surface area contributed by atoms with Gasteiger partial charge in [-0.15, -0.1) is 0 Å². The quantitative estimate of drug-likeness (QED) is 0.574. The van der Waals surface area contributed by atoms with E-state index < -0.39 is 22.0 Å². The normalized spacial score (nSPS) is 16.5. The van der Waals surface area contributed by atoms with Crippen LogP contribution in [0.15, 0.2) is 71.6 Å². The third-order valence-corrected chi connectivity index (χ3v) is 7.74. The van der Waals surface area contributed by atoms with Crippen LogP contribution in [0.4, 0.5) is 5.69 Å². The van der Waals surface area contributed by atoms with E-state index in [0.29, 0.717) is 10.7 Å². The Morgan fingerprint density at radius 3 is 2.35 bits per heavy atom. The Morgan fingerprint density at radius 1 is 1.00 bits per heavy atom. The highest BCUT2D eigenvalue weighted by atomic mass is 35.5. The highest BCUT2D eigenvalue weighted by molar-refractivity contribution is 7.89. The van der Waals surface area contributed by atoms with Crippen molar-refractivity contribution in [1.29, 1.82) is 0 Å². The lowest BCUT2D eigenvalue weighted by molar-refractivity contribution is -0.120. The summed E-state index contributed by atoms with van der Waals surface area (Å²) in [5, 5.41) is 3.49. The molecule has 0 fully saturated rings. The summed E-state index contributed by atoms with van der Waals surface area (Å²) in [5.41, 5.74) is 3.16. The molecule has 0 saturated heterocycles. The highest BCUT2D eigenvalue weighted by Crippen LogP contribution is 2.31. The van der Waals surface area contributed by atoms with Crippen LogP contribution in [0, 0.1) is 6.92 Å². The smallest absolute Gasteiger partial charge is 0.244 e. The number of rotatable bonds is 4. The lowest BCUT2D eigenvalue weighted by Crippen LogP contribution is -2.50. The van der Waals surface area contributed by atoms with Gasteiger partial charge in [0.2, 0.25) is 15.9 Å². The summed E-state index contributed by atoms with van der Waals surface area (Å²) in [4.78, 5) is 13.4. The number of aryl methyl sites for hydroxylation is 1. The standard InChI is InChI=1S/C23H20Cl2N2O3S/c1-15-6-9-19(10-7-15)31(29,30)27-14-17-5-3-2-4-16(17)12-22(27)23(28)26-21-11-8-18(24)13-20(21)25/h2-11,13,22H,12,14H2,1H3,(H,26,28)/t22-/m0/s1. The van der Waals surface area contributed by atoms with Gasteiger partial charge in [-0.3, -0.25) is 4.79 Å². The minimum atomic E-state index is -3.91. The number of carbonyl (C=O) groups is 1. The number of hydrogen-bond acceptors (Lipinski definition) is 3. The van der Waals surface area contributed by atoms with Gasteiger partial charge in [-0.2, -0.15) is 4.31 Å². The van der Waals surface area contributed by atoms with Crippen molar-refractivity contribution in [2.75, 3.05) is 5.32 Å². The van der Waals surface area contributed by atoms with Gasteiger partial charge < -0.3 is 5.32 Å². The first-order chi connectivity index (χ1) is 14.8. The number of nitrogens with zero attached hydrogens (tertiary/aromatic N) is 1. The fraction of sp³-hybridized carbons (Fsp3) is 0.174. The molecular weight excluding hydrogens is 455 g/mol. The SMILES string of the molecule is Cc1ccc(S(=O)(=O)N2Cc3ccccc3C[C@H]2C(=O)Nc2ccc(Cl)cc2Cl)cc1. The van der Waals surface area contributed by atoms with Gasteiger partial charge >= 0.3 is 0 Å². The van der Waals surface area contributed by atoms with Gasteiger partial charge in [0.25, 0.3) is 0 Å². The molecule has 31 heavy (non-hydrogen) atoms. The van der Waals surface area contributed by atoms with Crippen LogP contribution in [0.2, 0.25) is 10.0 Å². The number of hydrogen-bond donors (Lipinski definition) is 1. The van der Waals surface area contributed by atoms with Gasteiger partial charge in [0, 0.05) is 11.6 Å². The van der Waals surface area contributed by atoms with E-state index in [1.807, 2.05) is 31.2 Å². The summed E-state index contributed by atoms with van der Waals surface area (Å²) in [7, 11) is -3.91. The molecule has 160 valence electrons. The van der Waals surface area contributed by atoms with Crippen LogP contribution in [-0.4, -0.2) is 24.7 Å². The first-order valence-electron chi connectivity index (χ1n) is 9.67. The number of anilines is 1. The monoisotopic (exact) mass is 474 g/mol. The summed E-state index contributed by atoms with van der Waals surface area (Å²) in [6.07, 6.45) is 0.262. The summed E-state index contributed by atoms with van der Waals surface area (Å²) in [6.45, 7) is 2.00. The second-order valence-corrected chi connectivity index (χ2v) is 10.2. The number of amides is 1. The van der Waals surface area contributed by atoms with E-state index in [1.165, 1.54) is 10.4 Å². The average molecular weight is 475 g/mol. The van der Waals surface area contributed by atoms with Crippen LogP contribution in [0.3, 0.4) is 0 Å². The van der Waals surface area contributed by atoms with Crippen molar-refractivity contribution in [2.45, 2.75) is 30.8 Å². The maximum atomic E-state index is 13.5. The molecule has 0 radical (unpaired) electrons. The molecule has 1 amide bonds. The van der Waals surface area contributed by atoms with E-state index in [0.717, 1.165) is 16.7 Å². The average Bonchev–Trinajstić information content (AvgIpc) is 2.75. The van der Waals surface area contributed by atoms with Gasteiger partial charge in [0.1, 0.15) is 6.04 Å². The molecule has 3 aromatic carbocycles. The first kappa shape index (κ1) is 21.8. The molecule has 0 aliphatic carbocycles. The van der Waals surface area contributed by atoms with Crippen LogP contribution in [0.1, 0.15) is 16.7 Å². The largest absolute Gasteiger partial charge is 0.323 e. The summed E-state index contributed by atoms with van der Waals surface area (Å²) < 4.78 is 28.2. The van der Waals surface area contributed by atoms with Crippen molar-refractivity contribution in [3.63, 3.8) is 0 Å². The molecule has 1 atom stereocenters. The summed E-state index contributed by atoms with van der Waals surface area (Å²) in [6, 6.07) is 18.0. The van der Waals surface area contributed by atoms with Crippen LogP contribution in [-0.2, 0) is 27.8 Å². The van der Waals surface area contributed by atoms with Gasteiger partial charge in [-0.25, -0.2) is 8.42 Å². The third kappa shape index (κ3) is 4.48. The van der Waals surface area contributed by atoms with Crippen molar-refractivity contribution in [2.24, 2.45) is 0 Å². The minimum Gasteiger partial charge on any atom is -0.323 e. The number of halogens is 2. The number of benzene rings is 3. The van der Waals surface area contributed by atoms with E-state index in [4.69, 9.17) is 23.2 Å². The third-order valence-electron chi connectivity index (χ3n) is 5.32. The number of fused-ring (bicyclic) bond motifs is 1. The van der Waals surface area contributed by atoms with Crippen LogP contribution in [0.25, 0.3) is 0 Å². The van der Waals surface area contributed by atoms with Crippen LogP contribution >= 0.6 is 23.2 Å². The van der Waals surface area contributed by atoms with Gasteiger partial charge in [0.15, 0.2) is 0 Å². The van der Waals surface area contributed by atoms with Crippen molar-refractivity contribution < 1.29 is 13.2 Å². The molecule has 0 spiro atoms. The van der Waals surface area contributed by atoms with Gasteiger partial charge in [-0.05, 0) is 54.8 Å². The molecule has 8 heteroatoms. The zero-order valence-electron chi connectivity index (χ0n) is 16.7. The van der Waals surface area contributed by atoms with Gasteiger partial charge in [0.05, 0.1) is 15.6 Å². The van der Waals surface area contributed by atoms with E-state index >= 15 is 0 Å². The Hall–Kier alpha value is -2.38. The van der Waals surface area contributed by atoms with E-state index in [2.05, 4.69) is 5.32 Å². The first-order valence-corrected chi connectivity index (χ1v) is 11.9. The fourth-order valence-electron chi connectivity index (χ4n) is 3.63. The molecule has 3 aromatic rings. The van der Waals surface area contributed by atoms with E-state index in [1.54, 1.807) is 36.4 Å². The Morgan fingerprint density at radius 2 is 1.68 bits per heavy atom. The molecule has 1 N–H and O–H groups in total. The van der Waals surface area contributed by atoms with Crippen molar-refractivity contribution in [1.82, 2.24) is 4.31 Å². The maximum Gasteiger partial charge on any atom is 0.244 e. The Bertz CT molecular complexity index is 1240. The van der Waals surface area contributed by atoms with Crippen molar-refractivity contribution in [3.05, 3.63) is 93.5 Å². The van der Waals surface area contributed by atoms with E-state index in [9.17, 15) is 13.2 Å². The summed E-state index contributed by atoms with van der Waals surface area (Å²) >= 11 is 12.1. The molecule has 0 bridgehead atoms. The lowest BCUT2D eigenvalue weighted by atomic mass is 9.95. The van der Waals surface area contributed by atoms with Gasteiger partial charge in [-0.1, -0.05) is 65.2 Å². The molecule has 1 heterocycles. The molecular formula is C23H20Cl2N2O3S.